The predicted octanol–water partition coefficient (Wildman–Crippen LogP) is 3.11. The van der Waals surface area contributed by atoms with Crippen molar-refractivity contribution in [2.24, 2.45) is 0 Å². The topological polar surface area (TPSA) is 103 Å². The van der Waals surface area contributed by atoms with Gasteiger partial charge in [-0.2, -0.15) is 0 Å². The molecule has 0 unspecified atom stereocenters. The average molecular weight is 516 g/mol. The van der Waals surface area contributed by atoms with Crippen molar-refractivity contribution in [3.63, 3.8) is 0 Å². The maximum atomic E-state index is 13.3. The van der Waals surface area contributed by atoms with Crippen molar-refractivity contribution < 1.29 is 23.9 Å². The van der Waals surface area contributed by atoms with Crippen molar-refractivity contribution in [2.45, 2.75) is 59.2 Å². The lowest BCUT2D eigenvalue weighted by atomic mass is 9.94. The van der Waals surface area contributed by atoms with Crippen LogP contribution in [-0.4, -0.2) is 90.8 Å². The summed E-state index contributed by atoms with van der Waals surface area (Å²) in [5, 5.41) is 6.02. The first-order valence-corrected chi connectivity index (χ1v) is 12.9. The standard InChI is InChI=1S/C27H41N5O5/c1-8-31-21(17-30-14-15-32(18(3)16-30)26(35)29-27(4,5)6)22(24(33)37-9-2)23(28-25(31)34)19-10-12-20(36-7)13-11-19/h10-13,18,23H,8-9,14-17H2,1-7H3,(H,28,34)(H,29,35)/t18-,23-/m1/s1. The van der Waals surface area contributed by atoms with Crippen molar-refractivity contribution >= 4 is 18.0 Å². The van der Waals surface area contributed by atoms with E-state index in [-0.39, 0.29) is 30.2 Å². The molecular weight excluding hydrogens is 474 g/mol. The minimum absolute atomic E-state index is 0.0346. The Morgan fingerprint density at radius 2 is 1.81 bits per heavy atom. The van der Waals surface area contributed by atoms with E-state index in [0.29, 0.717) is 49.7 Å². The minimum atomic E-state index is -0.647. The third-order valence-electron chi connectivity index (χ3n) is 6.53. The van der Waals surface area contributed by atoms with Gasteiger partial charge >= 0.3 is 18.0 Å². The molecule has 204 valence electrons. The number of rotatable bonds is 7. The number of esters is 1. The van der Waals surface area contributed by atoms with Crippen molar-refractivity contribution in [3.8, 4) is 5.75 Å². The molecule has 3 rings (SSSR count). The van der Waals surface area contributed by atoms with E-state index < -0.39 is 12.0 Å². The molecule has 1 fully saturated rings. The molecule has 2 heterocycles. The van der Waals surface area contributed by atoms with E-state index in [4.69, 9.17) is 9.47 Å². The molecule has 2 aliphatic rings. The first-order valence-electron chi connectivity index (χ1n) is 12.9. The van der Waals surface area contributed by atoms with Gasteiger partial charge in [0.25, 0.3) is 0 Å². The van der Waals surface area contributed by atoms with Gasteiger partial charge in [0.05, 0.1) is 25.3 Å². The molecule has 1 aromatic carbocycles. The molecule has 2 N–H and O–H groups in total. The number of nitrogens with zero attached hydrogens (tertiary/aromatic N) is 3. The zero-order valence-electron chi connectivity index (χ0n) is 23.1. The summed E-state index contributed by atoms with van der Waals surface area (Å²) >= 11 is 0. The summed E-state index contributed by atoms with van der Waals surface area (Å²) in [6.45, 7) is 14.3. The van der Waals surface area contributed by atoms with Crippen LogP contribution < -0.4 is 15.4 Å². The fourth-order valence-corrected chi connectivity index (χ4v) is 4.79. The van der Waals surface area contributed by atoms with Crippen molar-refractivity contribution in [1.29, 1.82) is 0 Å². The van der Waals surface area contributed by atoms with Gasteiger partial charge in [0.15, 0.2) is 0 Å². The number of piperazine rings is 1. The molecule has 1 saturated heterocycles. The maximum absolute atomic E-state index is 13.3. The monoisotopic (exact) mass is 515 g/mol. The summed E-state index contributed by atoms with van der Waals surface area (Å²) in [6, 6.07) is 6.27. The summed E-state index contributed by atoms with van der Waals surface area (Å²) in [4.78, 5) is 44.9. The van der Waals surface area contributed by atoms with Gasteiger partial charge in [-0.25, -0.2) is 14.4 Å². The molecule has 1 aromatic rings. The lowest BCUT2D eigenvalue weighted by molar-refractivity contribution is -0.139. The maximum Gasteiger partial charge on any atom is 0.338 e. The van der Waals surface area contributed by atoms with E-state index >= 15 is 0 Å². The number of hydrogen-bond acceptors (Lipinski definition) is 6. The highest BCUT2D eigenvalue weighted by atomic mass is 16.5. The van der Waals surface area contributed by atoms with E-state index in [2.05, 4.69) is 15.5 Å². The fraction of sp³-hybridized carbons (Fsp3) is 0.593. The molecule has 2 aliphatic heterocycles. The average Bonchev–Trinajstić information content (AvgIpc) is 2.83. The molecule has 0 saturated carbocycles. The summed E-state index contributed by atoms with van der Waals surface area (Å²) in [6.07, 6.45) is 0. The molecule has 0 bridgehead atoms. The van der Waals surface area contributed by atoms with Gasteiger partial charge in [-0.05, 0) is 59.2 Å². The van der Waals surface area contributed by atoms with Gasteiger partial charge in [-0.3, -0.25) is 9.80 Å². The van der Waals surface area contributed by atoms with Crippen LogP contribution in [0.1, 0.15) is 53.1 Å². The van der Waals surface area contributed by atoms with Gasteiger partial charge in [-0.15, -0.1) is 0 Å². The first kappa shape index (κ1) is 28.3. The van der Waals surface area contributed by atoms with Crippen molar-refractivity contribution in [1.82, 2.24) is 25.3 Å². The van der Waals surface area contributed by atoms with E-state index in [0.717, 1.165) is 5.56 Å². The number of methoxy groups -OCH3 is 1. The van der Waals surface area contributed by atoms with Crippen molar-refractivity contribution in [2.75, 3.05) is 46.4 Å². The Morgan fingerprint density at radius 1 is 1.14 bits per heavy atom. The number of hydrogen-bond donors (Lipinski definition) is 2. The van der Waals surface area contributed by atoms with Gasteiger partial charge in [0.2, 0.25) is 0 Å². The van der Waals surface area contributed by atoms with Gasteiger partial charge in [0, 0.05) is 50.0 Å². The van der Waals surface area contributed by atoms with Crippen LogP contribution in [0.5, 0.6) is 5.75 Å². The lowest BCUT2D eigenvalue weighted by Crippen LogP contribution is -2.59. The number of nitrogens with one attached hydrogen (secondary N) is 2. The number of carbonyl (C=O) groups is 3. The quantitative estimate of drug-likeness (QED) is 0.541. The van der Waals surface area contributed by atoms with Gasteiger partial charge in [0.1, 0.15) is 5.75 Å². The predicted molar refractivity (Wildman–Crippen MR) is 141 cm³/mol. The Balaban J connectivity index is 1.92. The number of amides is 4. The van der Waals surface area contributed by atoms with Gasteiger partial charge < -0.3 is 25.0 Å². The molecule has 2 atom stereocenters. The van der Waals surface area contributed by atoms with Crippen molar-refractivity contribution in [3.05, 3.63) is 41.1 Å². The van der Waals surface area contributed by atoms with E-state index in [1.165, 1.54) is 0 Å². The minimum Gasteiger partial charge on any atom is -0.497 e. The third kappa shape index (κ3) is 6.74. The smallest absolute Gasteiger partial charge is 0.338 e. The molecule has 4 amide bonds. The highest BCUT2D eigenvalue weighted by Gasteiger charge is 2.39. The number of ether oxygens (including phenoxy) is 2. The van der Waals surface area contributed by atoms with E-state index in [1.54, 1.807) is 31.1 Å². The third-order valence-corrected chi connectivity index (χ3v) is 6.53. The largest absolute Gasteiger partial charge is 0.497 e. The molecule has 0 spiro atoms. The second kappa shape index (κ2) is 11.9. The van der Waals surface area contributed by atoms with Crippen LogP contribution in [-0.2, 0) is 9.53 Å². The first-order chi connectivity index (χ1) is 17.5. The van der Waals surface area contributed by atoms with E-state index in [1.807, 2.05) is 51.7 Å². The Labute approximate surface area is 219 Å². The number of likely N-dealkylation sites (N-methyl/N-ethyl adjacent to an activating group) is 1. The van der Waals surface area contributed by atoms with Crippen LogP contribution in [0.3, 0.4) is 0 Å². The zero-order chi connectivity index (χ0) is 27.3. The normalized spacial score (nSPS) is 21.0. The Hall–Kier alpha value is -3.27. The summed E-state index contributed by atoms with van der Waals surface area (Å²) in [7, 11) is 1.59. The summed E-state index contributed by atoms with van der Waals surface area (Å²) in [5.74, 6) is 0.235. The van der Waals surface area contributed by atoms with Gasteiger partial charge in [-0.1, -0.05) is 12.1 Å². The molecule has 0 aromatic heterocycles. The van der Waals surface area contributed by atoms with Crippen LogP contribution in [0.15, 0.2) is 35.5 Å². The SMILES string of the molecule is CCOC(=O)C1=C(CN2CCN(C(=O)NC(C)(C)C)[C@H](C)C2)N(CC)C(=O)N[C@@H]1c1ccc(OC)cc1. The van der Waals surface area contributed by atoms with Crippen LogP contribution in [0.4, 0.5) is 9.59 Å². The second-order valence-electron chi connectivity index (χ2n) is 10.4. The van der Waals surface area contributed by atoms with Crippen LogP contribution in [0.2, 0.25) is 0 Å². The molecular formula is C27H41N5O5. The highest BCUT2D eigenvalue weighted by Crippen LogP contribution is 2.33. The number of carbonyl (C=O) groups excluding carboxylic acids is 3. The van der Waals surface area contributed by atoms with E-state index in [9.17, 15) is 14.4 Å². The lowest BCUT2D eigenvalue weighted by Gasteiger charge is -2.43. The fourth-order valence-electron chi connectivity index (χ4n) is 4.79. The Morgan fingerprint density at radius 3 is 2.35 bits per heavy atom. The van der Waals surface area contributed by atoms with Crippen LogP contribution in [0.25, 0.3) is 0 Å². The Kier molecular flexibility index (Phi) is 9.07. The highest BCUT2D eigenvalue weighted by molar-refractivity contribution is 5.95. The molecule has 37 heavy (non-hydrogen) atoms. The number of benzene rings is 1. The molecule has 10 heteroatoms. The van der Waals surface area contributed by atoms with Crippen LogP contribution in [0, 0.1) is 0 Å². The summed E-state index contributed by atoms with van der Waals surface area (Å²) < 4.78 is 10.7. The molecule has 10 nitrogen and oxygen atoms in total. The molecule has 0 radical (unpaired) electrons. The zero-order valence-corrected chi connectivity index (χ0v) is 23.1. The summed E-state index contributed by atoms with van der Waals surface area (Å²) in [5.41, 5.74) is 1.50. The Bertz CT molecular complexity index is 1020. The molecule has 0 aliphatic carbocycles. The second-order valence-corrected chi connectivity index (χ2v) is 10.4. The number of urea groups is 2. The van der Waals surface area contributed by atoms with Crippen LogP contribution >= 0.6 is 0 Å².